The first kappa shape index (κ1) is 15.0. The number of nitrogens with one attached hydrogen (secondary N) is 1. The first-order valence-electron chi connectivity index (χ1n) is 4.74. The van der Waals surface area contributed by atoms with Gasteiger partial charge in [-0.3, -0.25) is 4.79 Å². The zero-order valence-electron chi connectivity index (χ0n) is 9.23. The van der Waals surface area contributed by atoms with Gasteiger partial charge in [0.2, 0.25) is 5.91 Å². The Morgan fingerprint density at radius 2 is 1.79 bits per heavy atom. The van der Waals surface area contributed by atoms with Crippen LogP contribution in [0.3, 0.4) is 0 Å². The molecule has 9 heteroatoms. The van der Waals surface area contributed by atoms with E-state index in [9.17, 15) is 26.4 Å². The van der Waals surface area contributed by atoms with Gasteiger partial charge in [0.1, 0.15) is 6.42 Å². The lowest BCUT2D eigenvalue weighted by atomic mass is 10.3. The van der Waals surface area contributed by atoms with E-state index in [0.29, 0.717) is 0 Å². The Bertz CT molecular complexity index is 615. The highest BCUT2D eigenvalue weighted by atomic mass is 32.2. The Hall–Kier alpha value is -2.08. The molecule has 0 saturated carbocycles. The molecule has 0 heterocycles. The lowest BCUT2D eigenvalue weighted by Gasteiger charge is -2.08. The number of carbonyl (C=O) groups excluding carboxylic acids is 1. The Morgan fingerprint density at radius 1 is 1.26 bits per heavy atom. The molecule has 19 heavy (non-hydrogen) atoms. The SMILES string of the molecule is [C-]#[N+]c1ccc(S(=O)(=O)NC(=O)CC(F)(F)F)cc1. The van der Waals surface area contributed by atoms with Gasteiger partial charge < -0.3 is 0 Å². The number of hydrogen-bond acceptors (Lipinski definition) is 3. The summed E-state index contributed by atoms with van der Waals surface area (Å²) in [6.07, 6.45) is -6.67. The van der Waals surface area contributed by atoms with E-state index in [-0.39, 0.29) is 5.69 Å². The standard InChI is InChI=1S/C10H7F3N2O3S/c1-14-7-2-4-8(5-3-7)19(17,18)15-9(16)6-10(11,12)13/h2-5H,6H2,(H,15,16). The van der Waals surface area contributed by atoms with Gasteiger partial charge in [0.25, 0.3) is 10.0 Å². The van der Waals surface area contributed by atoms with Crippen molar-refractivity contribution in [2.45, 2.75) is 17.5 Å². The van der Waals surface area contributed by atoms with Crippen molar-refractivity contribution in [3.05, 3.63) is 35.7 Å². The number of nitrogens with zero attached hydrogens (tertiary/aromatic N) is 1. The van der Waals surface area contributed by atoms with Gasteiger partial charge in [0.05, 0.1) is 11.5 Å². The summed E-state index contributed by atoms with van der Waals surface area (Å²) in [4.78, 5) is 13.5. The molecule has 0 aromatic heterocycles. The number of amides is 1. The Balaban J connectivity index is 2.87. The number of rotatable bonds is 3. The summed E-state index contributed by atoms with van der Waals surface area (Å²) in [5.41, 5.74) is 0.167. The van der Waals surface area contributed by atoms with E-state index in [1.807, 2.05) is 0 Å². The van der Waals surface area contributed by atoms with Crippen molar-refractivity contribution in [1.29, 1.82) is 0 Å². The summed E-state index contributed by atoms with van der Waals surface area (Å²) in [6.45, 7) is 6.66. The number of carbonyl (C=O) groups is 1. The van der Waals surface area contributed by atoms with Gasteiger partial charge in [-0.1, -0.05) is 24.3 Å². The van der Waals surface area contributed by atoms with Gasteiger partial charge in [-0.2, -0.15) is 13.2 Å². The van der Waals surface area contributed by atoms with E-state index in [2.05, 4.69) is 4.85 Å². The predicted octanol–water partition coefficient (Wildman–Crippen LogP) is 1.99. The average Bonchev–Trinajstić information content (AvgIpc) is 2.25. The van der Waals surface area contributed by atoms with Crippen molar-refractivity contribution in [3.8, 4) is 0 Å². The number of halogens is 3. The topological polar surface area (TPSA) is 67.6 Å². The highest BCUT2D eigenvalue weighted by molar-refractivity contribution is 7.90. The third kappa shape index (κ3) is 4.59. The molecule has 1 aromatic rings. The average molecular weight is 292 g/mol. The second kappa shape index (κ2) is 5.27. The van der Waals surface area contributed by atoms with Gasteiger partial charge in [0.15, 0.2) is 5.69 Å². The summed E-state index contributed by atoms with van der Waals surface area (Å²) in [7, 11) is -4.36. The van der Waals surface area contributed by atoms with Gasteiger partial charge in [0, 0.05) is 0 Å². The van der Waals surface area contributed by atoms with Crippen LogP contribution in [0.5, 0.6) is 0 Å². The highest BCUT2D eigenvalue weighted by Gasteiger charge is 2.33. The van der Waals surface area contributed by atoms with Crippen LogP contribution >= 0.6 is 0 Å². The van der Waals surface area contributed by atoms with Crippen LogP contribution in [0.1, 0.15) is 6.42 Å². The van der Waals surface area contributed by atoms with E-state index in [1.165, 1.54) is 16.9 Å². The molecule has 1 N–H and O–H groups in total. The fraction of sp³-hybridized carbons (Fsp3) is 0.200. The minimum Gasteiger partial charge on any atom is -0.274 e. The minimum atomic E-state index is -4.78. The Morgan fingerprint density at radius 3 is 2.21 bits per heavy atom. The smallest absolute Gasteiger partial charge is 0.274 e. The third-order valence-corrected chi connectivity index (χ3v) is 3.27. The molecular formula is C10H7F3N2O3S. The van der Waals surface area contributed by atoms with Crippen molar-refractivity contribution in [1.82, 2.24) is 4.72 Å². The lowest BCUT2D eigenvalue weighted by Crippen LogP contribution is -2.33. The molecule has 5 nitrogen and oxygen atoms in total. The molecule has 0 spiro atoms. The molecule has 0 bridgehead atoms. The van der Waals surface area contributed by atoms with Crippen molar-refractivity contribution in [2.75, 3.05) is 0 Å². The van der Waals surface area contributed by atoms with Gasteiger partial charge >= 0.3 is 6.18 Å². The van der Waals surface area contributed by atoms with E-state index in [4.69, 9.17) is 6.57 Å². The highest BCUT2D eigenvalue weighted by Crippen LogP contribution is 2.20. The quantitative estimate of drug-likeness (QED) is 0.866. The molecule has 1 rings (SSSR count). The maximum Gasteiger partial charge on any atom is 0.397 e. The largest absolute Gasteiger partial charge is 0.397 e. The van der Waals surface area contributed by atoms with Gasteiger partial charge in [-0.05, 0) is 0 Å². The maximum absolute atomic E-state index is 11.9. The molecular weight excluding hydrogens is 285 g/mol. The van der Waals surface area contributed by atoms with Crippen LogP contribution in [0.2, 0.25) is 0 Å². The van der Waals surface area contributed by atoms with Crippen molar-refractivity contribution in [2.24, 2.45) is 0 Å². The molecule has 0 radical (unpaired) electrons. The predicted molar refractivity (Wildman–Crippen MR) is 58.7 cm³/mol. The van der Waals surface area contributed by atoms with Crippen LogP contribution in [-0.2, 0) is 14.8 Å². The second-order valence-electron chi connectivity index (χ2n) is 3.43. The fourth-order valence-electron chi connectivity index (χ4n) is 1.13. The summed E-state index contributed by atoms with van der Waals surface area (Å²) in [6, 6.07) is 4.40. The second-order valence-corrected chi connectivity index (χ2v) is 5.11. The monoisotopic (exact) mass is 292 g/mol. The molecule has 0 aliphatic rings. The fourth-order valence-corrected chi connectivity index (χ4v) is 2.11. The molecule has 0 aliphatic heterocycles. The van der Waals surface area contributed by atoms with Crippen LogP contribution in [0, 0.1) is 6.57 Å². The maximum atomic E-state index is 11.9. The normalized spacial score (nSPS) is 11.7. The molecule has 0 aliphatic carbocycles. The summed E-state index contributed by atoms with van der Waals surface area (Å²) >= 11 is 0. The lowest BCUT2D eigenvalue weighted by molar-refractivity contribution is -0.152. The number of hydrogen-bond donors (Lipinski definition) is 1. The van der Waals surface area contributed by atoms with Crippen LogP contribution < -0.4 is 4.72 Å². The molecule has 102 valence electrons. The summed E-state index contributed by atoms with van der Waals surface area (Å²) in [5.74, 6) is -1.67. The number of benzene rings is 1. The van der Waals surface area contributed by atoms with Gasteiger partial charge in [-0.25, -0.2) is 18.0 Å². The van der Waals surface area contributed by atoms with E-state index < -0.39 is 33.4 Å². The van der Waals surface area contributed by atoms with E-state index >= 15 is 0 Å². The van der Waals surface area contributed by atoms with Crippen molar-refractivity contribution >= 4 is 21.6 Å². The summed E-state index contributed by atoms with van der Waals surface area (Å²) < 4.78 is 60.1. The Kier molecular flexibility index (Phi) is 4.16. The molecule has 0 atom stereocenters. The Labute approximate surface area is 106 Å². The van der Waals surface area contributed by atoms with E-state index in [1.54, 1.807) is 0 Å². The minimum absolute atomic E-state index is 0.167. The van der Waals surface area contributed by atoms with Crippen LogP contribution in [0.15, 0.2) is 29.2 Å². The van der Waals surface area contributed by atoms with Crippen molar-refractivity contribution in [3.63, 3.8) is 0 Å². The number of alkyl halides is 3. The van der Waals surface area contributed by atoms with Crippen molar-refractivity contribution < 1.29 is 26.4 Å². The molecule has 0 saturated heterocycles. The number of sulfonamides is 1. The molecule has 1 aromatic carbocycles. The van der Waals surface area contributed by atoms with Crippen LogP contribution in [0.4, 0.5) is 18.9 Å². The zero-order valence-corrected chi connectivity index (χ0v) is 10.0. The molecule has 1 amide bonds. The first-order chi connectivity index (χ1) is 8.64. The van der Waals surface area contributed by atoms with Gasteiger partial charge in [-0.15, -0.1) is 0 Å². The molecule has 0 fully saturated rings. The first-order valence-corrected chi connectivity index (χ1v) is 6.22. The van der Waals surface area contributed by atoms with Crippen LogP contribution in [-0.4, -0.2) is 20.5 Å². The van der Waals surface area contributed by atoms with Crippen LogP contribution in [0.25, 0.3) is 4.85 Å². The summed E-state index contributed by atoms with van der Waals surface area (Å²) in [5, 5.41) is 0. The third-order valence-electron chi connectivity index (χ3n) is 1.89. The molecule has 0 unspecified atom stereocenters. The zero-order chi connectivity index (χ0) is 14.7. The van der Waals surface area contributed by atoms with E-state index in [0.717, 1.165) is 12.1 Å².